The highest BCUT2D eigenvalue weighted by Gasteiger charge is 2.43. The van der Waals surface area contributed by atoms with Crippen LogP contribution in [-0.2, 0) is 0 Å². The molecule has 0 fully saturated rings. The number of hydrogen-bond donors (Lipinski definition) is 0. The van der Waals surface area contributed by atoms with Crippen LogP contribution in [-0.4, -0.2) is 10.6 Å². The zero-order valence-corrected chi connectivity index (χ0v) is 23.4. The second kappa shape index (κ2) is 16.5. The Kier molecular flexibility index (Phi) is 14.0. The minimum Gasteiger partial charge on any atom is -1.00 e. The number of unbranched alkanes of at least 4 members (excludes halogenated alkanes) is 7. The van der Waals surface area contributed by atoms with Gasteiger partial charge in [-0.15, -0.1) is 0 Å². The second-order valence-corrected chi connectivity index (χ2v) is 13.0. The molecule has 3 rings (SSSR count). The number of hydrogen-bond acceptors (Lipinski definition) is 0. The third kappa shape index (κ3) is 8.53. The standard InChI is InChI=1S/C30H37IP.ClH/c31-26-18-7-5-3-1-2-4-6-8-19-27-32(28-20-12-9-13-21-28,29-22-14-10-15-23-29)30-24-16-11-17-25-30;/h8-17,19-25H,1-7,18,26-27H2;1H/q+1;/p-1. The first-order valence-corrected chi connectivity index (χ1v) is 15.6. The molecule has 0 atom stereocenters. The molecule has 0 heterocycles. The van der Waals surface area contributed by atoms with E-state index in [-0.39, 0.29) is 12.4 Å². The largest absolute Gasteiger partial charge is 1.00 e. The Hall–Kier alpha value is -1.15. The highest BCUT2D eigenvalue weighted by molar-refractivity contribution is 14.1. The van der Waals surface area contributed by atoms with Crippen LogP contribution in [0.3, 0.4) is 0 Å². The summed E-state index contributed by atoms with van der Waals surface area (Å²) in [4.78, 5) is 0. The Morgan fingerprint density at radius 2 is 0.909 bits per heavy atom. The zero-order valence-electron chi connectivity index (χ0n) is 19.6. The number of alkyl halides is 1. The summed E-state index contributed by atoms with van der Waals surface area (Å²) < 4.78 is 1.31. The Morgan fingerprint density at radius 1 is 0.515 bits per heavy atom. The molecule has 0 aliphatic carbocycles. The summed E-state index contributed by atoms with van der Waals surface area (Å²) in [6.07, 6.45) is 16.9. The maximum absolute atomic E-state index is 2.49. The van der Waals surface area contributed by atoms with E-state index in [1.165, 1.54) is 71.7 Å². The highest BCUT2D eigenvalue weighted by atomic mass is 127. The van der Waals surface area contributed by atoms with Crippen LogP contribution in [0, 0.1) is 0 Å². The van der Waals surface area contributed by atoms with E-state index in [9.17, 15) is 0 Å². The maximum Gasteiger partial charge on any atom is 0.115 e. The van der Waals surface area contributed by atoms with Gasteiger partial charge in [0, 0.05) is 0 Å². The smallest absolute Gasteiger partial charge is 0.115 e. The molecule has 0 bridgehead atoms. The van der Waals surface area contributed by atoms with Gasteiger partial charge in [-0.3, -0.25) is 0 Å². The van der Waals surface area contributed by atoms with E-state index in [0.717, 1.165) is 6.16 Å². The summed E-state index contributed by atoms with van der Waals surface area (Å²) in [5.74, 6) is 0. The third-order valence-electron chi connectivity index (χ3n) is 6.14. The summed E-state index contributed by atoms with van der Waals surface area (Å²) in [6.45, 7) is 0. The first kappa shape index (κ1) is 28.1. The molecule has 176 valence electrons. The molecule has 0 aromatic heterocycles. The fourth-order valence-electron chi connectivity index (χ4n) is 4.40. The van der Waals surface area contributed by atoms with Gasteiger partial charge in [-0.05, 0) is 60.1 Å². The van der Waals surface area contributed by atoms with Gasteiger partial charge in [-0.25, -0.2) is 0 Å². The molecule has 3 aromatic rings. The Morgan fingerprint density at radius 3 is 1.33 bits per heavy atom. The van der Waals surface area contributed by atoms with Crippen molar-refractivity contribution < 1.29 is 12.4 Å². The van der Waals surface area contributed by atoms with Crippen LogP contribution in [0.25, 0.3) is 0 Å². The normalized spacial score (nSPS) is 11.4. The van der Waals surface area contributed by atoms with Crippen LogP contribution in [0.1, 0.15) is 51.4 Å². The molecule has 0 saturated carbocycles. The van der Waals surface area contributed by atoms with E-state index in [1.54, 1.807) is 0 Å². The van der Waals surface area contributed by atoms with E-state index in [2.05, 4.69) is 126 Å². The lowest BCUT2D eigenvalue weighted by atomic mass is 10.1. The topological polar surface area (TPSA) is 0 Å². The molecule has 0 spiro atoms. The van der Waals surface area contributed by atoms with Gasteiger partial charge in [0.2, 0.25) is 0 Å². The first-order valence-electron chi connectivity index (χ1n) is 12.1. The average Bonchev–Trinajstić information content (AvgIpc) is 2.87. The molecular weight excluding hydrogens is 554 g/mol. The van der Waals surface area contributed by atoms with E-state index >= 15 is 0 Å². The van der Waals surface area contributed by atoms with Crippen molar-refractivity contribution in [2.24, 2.45) is 0 Å². The molecular formula is C30H37ClIP. The van der Waals surface area contributed by atoms with Crippen molar-refractivity contribution in [3.8, 4) is 0 Å². The van der Waals surface area contributed by atoms with Crippen molar-refractivity contribution in [3.63, 3.8) is 0 Å². The van der Waals surface area contributed by atoms with Crippen molar-refractivity contribution in [1.82, 2.24) is 0 Å². The van der Waals surface area contributed by atoms with Crippen LogP contribution >= 0.6 is 29.9 Å². The molecule has 0 saturated heterocycles. The lowest BCUT2D eigenvalue weighted by molar-refractivity contribution is -0.00000626. The molecule has 33 heavy (non-hydrogen) atoms. The summed E-state index contributed by atoms with van der Waals surface area (Å²) in [5, 5.41) is 4.40. The van der Waals surface area contributed by atoms with Gasteiger partial charge in [0.1, 0.15) is 23.2 Å². The maximum atomic E-state index is 2.49. The van der Waals surface area contributed by atoms with Crippen molar-refractivity contribution in [2.75, 3.05) is 10.6 Å². The van der Waals surface area contributed by atoms with Gasteiger partial charge in [0.25, 0.3) is 0 Å². The lowest BCUT2D eigenvalue weighted by Crippen LogP contribution is -3.00. The quantitative estimate of drug-likeness (QED) is 0.0806. The molecule has 0 N–H and O–H groups in total. The predicted octanol–water partition coefficient (Wildman–Crippen LogP) is 5.10. The predicted molar refractivity (Wildman–Crippen MR) is 155 cm³/mol. The Labute approximate surface area is 222 Å². The molecule has 3 heteroatoms. The second-order valence-electron chi connectivity index (χ2n) is 8.42. The minimum absolute atomic E-state index is 0. The number of halogens is 2. The molecule has 0 aliphatic heterocycles. The summed E-state index contributed by atoms with van der Waals surface area (Å²) >= 11 is 2.49. The molecule has 0 unspecified atom stereocenters. The van der Waals surface area contributed by atoms with Crippen LogP contribution in [0.15, 0.2) is 103 Å². The van der Waals surface area contributed by atoms with Gasteiger partial charge >= 0.3 is 0 Å². The summed E-state index contributed by atoms with van der Waals surface area (Å²) in [5.41, 5.74) is 0. The van der Waals surface area contributed by atoms with Crippen molar-refractivity contribution >= 4 is 45.8 Å². The van der Waals surface area contributed by atoms with Gasteiger partial charge in [0.15, 0.2) is 0 Å². The zero-order chi connectivity index (χ0) is 22.3. The SMILES string of the molecule is ICCCCCCCCCC=CC[P+](c1ccccc1)(c1ccccc1)c1ccccc1.[Cl-]. The van der Waals surface area contributed by atoms with Gasteiger partial charge in [-0.1, -0.05) is 121 Å². The van der Waals surface area contributed by atoms with E-state index in [0.29, 0.717) is 0 Å². The monoisotopic (exact) mass is 590 g/mol. The first-order chi connectivity index (χ1) is 15.9. The van der Waals surface area contributed by atoms with Crippen LogP contribution in [0.4, 0.5) is 0 Å². The Balaban J connectivity index is 0.00000385. The highest BCUT2D eigenvalue weighted by Crippen LogP contribution is 2.55. The van der Waals surface area contributed by atoms with E-state index in [1.807, 2.05) is 0 Å². The van der Waals surface area contributed by atoms with Gasteiger partial charge in [-0.2, -0.15) is 0 Å². The minimum atomic E-state index is -1.72. The Bertz CT molecular complexity index is 800. The van der Waals surface area contributed by atoms with Crippen molar-refractivity contribution in [2.45, 2.75) is 51.4 Å². The number of allylic oxidation sites excluding steroid dienone is 2. The van der Waals surface area contributed by atoms with Crippen LogP contribution in [0.2, 0.25) is 0 Å². The van der Waals surface area contributed by atoms with Crippen LogP contribution in [0.5, 0.6) is 0 Å². The van der Waals surface area contributed by atoms with Crippen molar-refractivity contribution in [3.05, 3.63) is 103 Å². The average molecular weight is 591 g/mol. The molecule has 3 aromatic carbocycles. The van der Waals surface area contributed by atoms with Gasteiger partial charge < -0.3 is 12.4 Å². The fourth-order valence-corrected chi connectivity index (χ4v) is 8.98. The van der Waals surface area contributed by atoms with E-state index < -0.39 is 7.26 Å². The summed E-state index contributed by atoms with van der Waals surface area (Å²) in [6, 6.07) is 33.6. The van der Waals surface area contributed by atoms with E-state index in [4.69, 9.17) is 0 Å². The van der Waals surface area contributed by atoms with Crippen LogP contribution < -0.4 is 28.3 Å². The van der Waals surface area contributed by atoms with Gasteiger partial charge in [0.05, 0.1) is 6.16 Å². The third-order valence-corrected chi connectivity index (χ3v) is 11.2. The van der Waals surface area contributed by atoms with Crippen molar-refractivity contribution in [1.29, 1.82) is 0 Å². The molecule has 0 radical (unpaired) electrons. The number of benzene rings is 3. The molecule has 0 amide bonds. The fraction of sp³-hybridized carbons (Fsp3) is 0.333. The molecule has 0 nitrogen and oxygen atoms in total. The molecule has 0 aliphatic rings. The number of rotatable bonds is 14. The summed E-state index contributed by atoms with van der Waals surface area (Å²) in [7, 11) is -1.72. The lowest BCUT2D eigenvalue weighted by Gasteiger charge is -2.26.